The SMILES string of the molecule is CCOc1ccc(/C=C/C(=O)NCc2cc([N+](=O)[O-])ccc2[O-])cc1. The Morgan fingerprint density at radius 2 is 1.96 bits per heavy atom. The van der Waals surface area contributed by atoms with Crippen LogP contribution in [-0.4, -0.2) is 17.4 Å². The first-order valence-electron chi connectivity index (χ1n) is 7.62. The Labute approximate surface area is 144 Å². The van der Waals surface area contributed by atoms with Crippen LogP contribution >= 0.6 is 0 Å². The average molecular weight is 341 g/mol. The molecule has 7 heteroatoms. The van der Waals surface area contributed by atoms with Crippen LogP contribution in [0.2, 0.25) is 0 Å². The summed E-state index contributed by atoms with van der Waals surface area (Å²) in [7, 11) is 0. The van der Waals surface area contributed by atoms with Gasteiger partial charge in [-0.2, -0.15) is 0 Å². The fourth-order valence-corrected chi connectivity index (χ4v) is 2.07. The molecular weight excluding hydrogens is 324 g/mol. The number of hydrogen-bond donors (Lipinski definition) is 1. The zero-order valence-electron chi connectivity index (χ0n) is 13.6. The number of nitrogens with one attached hydrogen (secondary N) is 1. The van der Waals surface area contributed by atoms with Crippen molar-refractivity contribution in [2.24, 2.45) is 0 Å². The molecule has 0 atom stereocenters. The van der Waals surface area contributed by atoms with Crippen molar-refractivity contribution in [3.05, 3.63) is 69.8 Å². The third-order valence-corrected chi connectivity index (χ3v) is 3.33. The van der Waals surface area contributed by atoms with Crippen molar-refractivity contribution in [1.29, 1.82) is 0 Å². The van der Waals surface area contributed by atoms with E-state index in [1.165, 1.54) is 12.1 Å². The van der Waals surface area contributed by atoms with Gasteiger partial charge in [-0.25, -0.2) is 0 Å². The lowest BCUT2D eigenvalue weighted by atomic mass is 10.1. The molecule has 0 saturated carbocycles. The number of nitro benzene ring substituents is 1. The topological polar surface area (TPSA) is 105 Å². The zero-order chi connectivity index (χ0) is 18.2. The highest BCUT2D eigenvalue weighted by Crippen LogP contribution is 2.20. The van der Waals surface area contributed by atoms with Crippen LogP contribution in [0, 0.1) is 10.1 Å². The second-order valence-corrected chi connectivity index (χ2v) is 5.10. The predicted molar refractivity (Wildman–Crippen MR) is 91.0 cm³/mol. The van der Waals surface area contributed by atoms with Gasteiger partial charge in [0.15, 0.2) is 0 Å². The van der Waals surface area contributed by atoms with Gasteiger partial charge in [0, 0.05) is 24.8 Å². The molecule has 25 heavy (non-hydrogen) atoms. The standard InChI is InChI=1S/C18H18N2O5/c1-2-25-16-7-3-13(4-8-16)5-10-18(22)19-12-14-11-15(20(23)24)6-9-17(14)21/h3-11,21H,2,12H2,1H3,(H,19,22)/p-1/b10-5+. The summed E-state index contributed by atoms with van der Waals surface area (Å²) in [5.74, 6) is -0.0149. The quantitative estimate of drug-likeness (QED) is 0.473. The van der Waals surface area contributed by atoms with Crippen LogP contribution in [0.5, 0.6) is 11.5 Å². The molecule has 0 fully saturated rings. The zero-order valence-corrected chi connectivity index (χ0v) is 13.6. The Hall–Kier alpha value is -3.35. The maximum atomic E-state index is 11.8. The summed E-state index contributed by atoms with van der Waals surface area (Å²) in [6, 6.07) is 10.6. The molecule has 0 radical (unpaired) electrons. The molecule has 130 valence electrons. The number of amides is 1. The van der Waals surface area contributed by atoms with Gasteiger partial charge in [0.1, 0.15) is 5.75 Å². The molecule has 2 aromatic rings. The summed E-state index contributed by atoms with van der Waals surface area (Å²) in [5, 5.41) is 24.9. The molecule has 2 rings (SSSR count). The Morgan fingerprint density at radius 3 is 2.60 bits per heavy atom. The molecule has 0 unspecified atom stereocenters. The number of carbonyl (C=O) groups is 1. The van der Waals surface area contributed by atoms with Gasteiger partial charge >= 0.3 is 0 Å². The molecule has 0 aliphatic heterocycles. The Balaban J connectivity index is 1.94. The average Bonchev–Trinajstić information content (AvgIpc) is 2.60. The van der Waals surface area contributed by atoms with Gasteiger partial charge in [0.05, 0.1) is 11.5 Å². The predicted octanol–water partition coefficient (Wildman–Crippen LogP) is 2.40. The maximum Gasteiger partial charge on any atom is 0.269 e. The molecule has 1 amide bonds. The molecule has 0 aliphatic rings. The number of hydrogen-bond acceptors (Lipinski definition) is 5. The van der Waals surface area contributed by atoms with E-state index in [9.17, 15) is 20.0 Å². The van der Waals surface area contributed by atoms with Crippen molar-refractivity contribution >= 4 is 17.7 Å². The van der Waals surface area contributed by atoms with Crippen LogP contribution in [0.1, 0.15) is 18.1 Å². The highest BCUT2D eigenvalue weighted by atomic mass is 16.6. The molecule has 1 N–H and O–H groups in total. The Bertz CT molecular complexity index is 785. The van der Waals surface area contributed by atoms with E-state index < -0.39 is 10.8 Å². The molecule has 0 spiro atoms. The number of carbonyl (C=O) groups excluding carboxylic acids is 1. The minimum absolute atomic E-state index is 0.0764. The minimum atomic E-state index is -0.587. The number of nitrogens with zero attached hydrogens (tertiary/aromatic N) is 1. The maximum absolute atomic E-state index is 11.8. The molecule has 0 bridgehead atoms. The van der Waals surface area contributed by atoms with Crippen molar-refractivity contribution in [2.45, 2.75) is 13.5 Å². The van der Waals surface area contributed by atoms with Crippen molar-refractivity contribution in [2.75, 3.05) is 6.61 Å². The number of benzene rings is 2. The van der Waals surface area contributed by atoms with Gasteiger partial charge in [-0.15, -0.1) is 5.75 Å². The highest BCUT2D eigenvalue weighted by Gasteiger charge is 2.07. The van der Waals surface area contributed by atoms with E-state index in [0.717, 1.165) is 23.4 Å². The lowest BCUT2D eigenvalue weighted by Gasteiger charge is -2.12. The van der Waals surface area contributed by atoms with Crippen molar-refractivity contribution in [3.8, 4) is 11.5 Å². The molecule has 7 nitrogen and oxygen atoms in total. The van der Waals surface area contributed by atoms with Gasteiger partial charge < -0.3 is 15.2 Å². The minimum Gasteiger partial charge on any atom is -0.872 e. The number of nitro groups is 1. The van der Waals surface area contributed by atoms with E-state index >= 15 is 0 Å². The summed E-state index contributed by atoms with van der Waals surface area (Å²) < 4.78 is 5.33. The number of ether oxygens (including phenoxy) is 1. The molecule has 0 aliphatic carbocycles. The summed E-state index contributed by atoms with van der Waals surface area (Å²) in [5.41, 5.74) is 0.796. The summed E-state index contributed by atoms with van der Waals surface area (Å²) >= 11 is 0. The fraction of sp³-hybridized carbons (Fsp3) is 0.167. The van der Waals surface area contributed by atoms with Crippen LogP contribution in [0.15, 0.2) is 48.5 Å². The Kier molecular flexibility index (Phi) is 6.11. The van der Waals surface area contributed by atoms with Crippen LogP contribution in [0.3, 0.4) is 0 Å². The van der Waals surface area contributed by atoms with Gasteiger partial charge in [0.2, 0.25) is 5.91 Å². The smallest absolute Gasteiger partial charge is 0.269 e. The highest BCUT2D eigenvalue weighted by molar-refractivity contribution is 5.91. The van der Waals surface area contributed by atoms with Gasteiger partial charge in [-0.1, -0.05) is 18.2 Å². The van der Waals surface area contributed by atoms with Gasteiger partial charge in [-0.05, 0) is 36.3 Å². The second-order valence-electron chi connectivity index (χ2n) is 5.10. The lowest BCUT2D eigenvalue weighted by Crippen LogP contribution is -2.21. The number of rotatable bonds is 7. The third kappa shape index (κ3) is 5.35. The first kappa shape index (κ1) is 18.0. The van der Waals surface area contributed by atoms with E-state index in [1.54, 1.807) is 18.2 Å². The van der Waals surface area contributed by atoms with Crippen molar-refractivity contribution in [3.63, 3.8) is 0 Å². The second kappa shape index (κ2) is 8.49. The van der Waals surface area contributed by atoms with Crippen LogP contribution in [0.25, 0.3) is 6.08 Å². The summed E-state index contributed by atoms with van der Waals surface area (Å²) in [6.45, 7) is 2.40. The van der Waals surface area contributed by atoms with Gasteiger partial charge in [-0.3, -0.25) is 14.9 Å². The Morgan fingerprint density at radius 1 is 1.24 bits per heavy atom. The third-order valence-electron chi connectivity index (χ3n) is 3.33. The van der Waals surface area contributed by atoms with Crippen molar-refractivity contribution in [1.82, 2.24) is 5.32 Å². The van der Waals surface area contributed by atoms with E-state index in [-0.39, 0.29) is 23.5 Å². The monoisotopic (exact) mass is 341 g/mol. The van der Waals surface area contributed by atoms with E-state index in [1.807, 2.05) is 19.1 Å². The van der Waals surface area contributed by atoms with Gasteiger partial charge in [0.25, 0.3) is 5.69 Å². The number of non-ortho nitro benzene ring substituents is 1. The van der Waals surface area contributed by atoms with Crippen LogP contribution in [0.4, 0.5) is 5.69 Å². The fourth-order valence-electron chi connectivity index (χ4n) is 2.07. The molecular formula is C18H17N2O5-. The summed E-state index contributed by atoms with van der Waals surface area (Å²) in [4.78, 5) is 22.0. The van der Waals surface area contributed by atoms with E-state index in [4.69, 9.17) is 4.74 Å². The van der Waals surface area contributed by atoms with E-state index in [0.29, 0.717) is 6.61 Å². The lowest BCUT2D eigenvalue weighted by molar-refractivity contribution is -0.385. The van der Waals surface area contributed by atoms with Crippen LogP contribution in [-0.2, 0) is 11.3 Å². The van der Waals surface area contributed by atoms with Crippen LogP contribution < -0.4 is 15.2 Å². The van der Waals surface area contributed by atoms with E-state index in [2.05, 4.69) is 5.32 Å². The first-order chi connectivity index (χ1) is 12.0. The normalized spacial score (nSPS) is 10.6. The summed E-state index contributed by atoms with van der Waals surface area (Å²) in [6.07, 6.45) is 2.95. The molecule has 2 aromatic carbocycles. The molecule has 0 heterocycles. The molecule has 0 aromatic heterocycles. The molecule has 0 saturated heterocycles. The first-order valence-corrected chi connectivity index (χ1v) is 7.62. The largest absolute Gasteiger partial charge is 0.872 e. The van der Waals surface area contributed by atoms with Crippen molar-refractivity contribution < 1.29 is 19.6 Å².